The first-order valence-electron chi connectivity index (χ1n) is 5.52. The van der Waals surface area contributed by atoms with Crippen molar-refractivity contribution in [3.05, 3.63) is 11.9 Å². The summed E-state index contributed by atoms with van der Waals surface area (Å²) in [6.07, 6.45) is 2.82. The number of nitrogens with two attached hydrogens (primary N) is 1. The molecule has 0 bridgehead atoms. The van der Waals surface area contributed by atoms with Crippen LogP contribution in [0.4, 0.5) is 4.39 Å². The number of rotatable bonds is 9. The Labute approximate surface area is 100 Å². The summed E-state index contributed by atoms with van der Waals surface area (Å²) in [5, 5.41) is 18.5. The van der Waals surface area contributed by atoms with Crippen molar-refractivity contribution in [2.24, 2.45) is 5.73 Å². The summed E-state index contributed by atoms with van der Waals surface area (Å²) in [6.45, 7) is 2.47. The van der Waals surface area contributed by atoms with Gasteiger partial charge in [-0.1, -0.05) is 13.0 Å². The molecule has 0 aliphatic rings. The van der Waals surface area contributed by atoms with Gasteiger partial charge in [-0.25, -0.2) is 4.39 Å². The normalized spacial score (nSPS) is 15.4. The highest BCUT2D eigenvalue weighted by Crippen LogP contribution is 2.15. The van der Waals surface area contributed by atoms with Gasteiger partial charge >= 0.3 is 5.97 Å². The van der Waals surface area contributed by atoms with Gasteiger partial charge in [-0.05, 0) is 12.8 Å². The first-order valence-corrected chi connectivity index (χ1v) is 5.52. The molecule has 0 aromatic heterocycles. The van der Waals surface area contributed by atoms with Crippen LogP contribution in [0.3, 0.4) is 0 Å². The number of hydrogen-bond donors (Lipinski definition) is 4. The zero-order valence-corrected chi connectivity index (χ0v) is 10.0. The van der Waals surface area contributed by atoms with Crippen LogP contribution >= 0.6 is 0 Å². The molecule has 0 aliphatic carbocycles. The summed E-state index contributed by atoms with van der Waals surface area (Å²) in [7, 11) is 0. The molecule has 17 heavy (non-hydrogen) atoms. The highest BCUT2D eigenvalue weighted by Gasteiger charge is 2.30. The molecule has 5 N–H and O–H groups in total. The number of hydrogen-bond acceptors (Lipinski definition) is 4. The third kappa shape index (κ3) is 6.13. The molecule has 0 amide bonds. The lowest BCUT2D eigenvalue weighted by molar-refractivity contribution is -0.143. The Balaban J connectivity index is 4.12. The lowest BCUT2D eigenvalue weighted by Crippen LogP contribution is -2.46. The predicted octanol–water partition coefficient (Wildman–Crippen LogP) is 1.05. The van der Waals surface area contributed by atoms with Crippen molar-refractivity contribution in [3.63, 3.8) is 0 Å². The average molecular weight is 245 g/mol. The Kier molecular flexibility index (Phi) is 7.32. The average Bonchev–Trinajstić information content (AvgIpc) is 2.31. The predicted molar refractivity (Wildman–Crippen MR) is 64.9 cm³/mol. The molecule has 98 valence electrons. The van der Waals surface area contributed by atoms with Crippen LogP contribution < -0.4 is 11.1 Å². The Morgan fingerprint density at radius 2 is 2.29 bits per heavy atom. The molecular formula is C11H20FN3O2. The van der Waals surface area contributed by atoms with E-state index in [4.69, 9.17) is 16.2 Å². The van der Waals surface area contributed by atoms with Gasteiger partial charge in [0, 0.05) is 25.7 Å². The van der Waals surface area contributed by atoms with E-state index in [9.17, 15) is 9.18 Å². The van der Waals surface area contributed by atoms with Crippen LogP contribution in [0.5, 0.6) is 0 Å². The maximum absolute atomic E-state index is 13.3. The number of aliphatic carboxylic acids is 1. The minimum atomic E-state index is -1.39. The van der Waals surface area contributed by atoms with Gasteiger partial charge in [0.25, 0.3) is 0 Å². The SMILES string of the molecule is CC[C@](N)(C/C=C(/F)CCNCC=N)C(=O)O. The zero-order valence-electron chi connectivity index (χ0n) is 10.0. The minimum Gasteiger partial charge on any atom is -0.480 e. The summed E-state index contributed by atoms with van der Waals surface area (Å²) in [4.78, 5) is 10.9. The van der Waals surface area contributed by atoms with Crippen molar-refractivity contribution in [2.75, 3.05) is 13.1 Å². The quantitative estimate of drug-likeness (QED) is 0.360. The lowest BCUT2D eigenvalue weighted by atomic mass is 9.93. The van der Waals surface area contributed by atoms with Gasteiger partial charge < -0.3 is 21.6 Å². The maximum atomic E-state index is 13.3. The highest BCUT2D eigenvalue weighted by molar-refractivity contribution is 5.78. The lowest BCUT2D eigenvalue weighted by Gasteiger charge is -2.20. The largest absolute Gasteiger partial charge is 0.480 e. The Morgan fingerprint density at radius 1 is 1.65 bits per heavy atom. The molecule has 0 unspecified atom stereocenters. The van der Waals surface area contributed by atoms with Crippen molar-refractivity contribution >= 4 is 12.2 Å². The van der Waals surface area contributed by atoms with Crippen molar-refractivity contribution in [1.82, 2.24) is 5.32 Å². The van der Waals surface area contributed by atoms with Crippen LogP contribution in [0.25, 0.3) is 0 Å². The molecule has 0 aromatic rings. The van der Waals surface area contributed by atoms with Crippen LogP contribution in [-0.4, -0.2) is 35.9 Å². The molecule has 0 radical (unpaired) electrons. The standard InChI is InChI=1S/C11H20FN3O2/c1-2-11(14,10(16)17)5-3-9(12)4-7-15-8-6-13/h3,6,13,15H,2,4-5,7-8,14H2,1H3,(H,16,17)/b9-3+,13-6?/t11-/m0/s1. The number of carboxylic acid groups (broad SMARTS) is 1. The minimum absolute atomic E-state index is 0.0186. The van der Waals surface area contributed by atoms with Gasteiger partial charge in [-0.3, -0.25) is 4.79 Å². The van der Waals surface area contributed by atoms with Crippen LogP contribution in [0, 0.1) is 5.41 Å². The van der Waals surface area contributed by atoms with Crippen molar-refractivity contribution in [3.8, 4) is 0 Å². The van der Waals surface area contributed by atoms with E-state index >= 15 is 0 Å². The van der Waals surface area contributed by atoms with Crippen molar-refractivity contribution in [1.29, 1.82) is 5.41 Å². The zero-order chi connectivity index (χ0) is 13.3. The van der Waals surface area contributed by atoms with Gasteiger partial charge in [0.2, 0.25) is 0 Å². The monoisotopic (exact) mass is 245 g/mol. The van der Waals surface area contributed by atoms with E-state index < -0.39 is 11.5 Å². The smallest absolute Gasteiger partial charge is 0.323 e. The topological polar surface area (TPSA) is 99.2 Å². The molecule has 0 saturated carbocycles. The molecule has 0 fully saturated rings. The molecule has 0 heterocycles. The van der Waals surface area contributed by atoms with E-state index in [1.165, 1.54) is 12.3 Å². The molecule has 0 spiro atoms. The second-order valence-corrected chi connectivity index (χ2v) is 3.83. The van der Waals surface area contributed by atoms with Crippen LogP contribution in [0.1, 0.15) is 26.2 Å². The van der Waals surface area contributed by atoms with E-state index in [0.29, 0.717) is 13.1 Å². The number of halogens is 1. The maximum Gasteiger partial charge on any atom is 0.323 e. The number of carboxylic acids is 1. The first-order chi connectivity index (χ1) is 7.96. The Hall–Kier alpha value is -1.27. The van der Waals surface area contributed by atoms with Crippen LogP contribution in [0.15, 0.2) is 11.9 Å². The fraction of sp³-hybridized carbons (Fsp3) is 0.636. The number of carbonyl (C=O) groups is 1. The fourth-order valence-electron chi connectivity index (χ4n) is 1.16. The molecule has 6 heteroatoms. The molecule has 0 aliphatic heterocycles. The third-order valence-corrected chi connectivity index (χ3v) is 2.53. The fourth-order valence-corrected chi connectivity index (χ4v) is 1.16. The van der Waals surface area contributed by atoms with Gasteiger partial charge in [-0.15, -0.1) is 0 Å². The molecular weight excluding hydrogens is 225 g/mol. The summed E-state index contributed by atoms with van der Waals surface area (Å²) < 4.78 is 13.3. The number of nitrogens with one attached hydrogen (secondary N) is 2. The van der Waals surface area contributed by atoms with Gasteiger partial charge in [-0.2, -0.15) is 0 Å². The first kappa shape index (κ1) is 15.7. The molecule has 5 nitrogen and oxygen atoms in total. The van der Waals surface area contributed by atoms with Gasteiger partial charge in [0.15, 0.2) is 0 Å². The molecule has 0 rings (SSSR count). The third-order valence-electron chi connectivity index (χ3n) is 2.53. The van der Waals surface area contributed by atoms with E-state index in [0.717, 1.165) is 0 Å². The van der Waals surface area contributed by atoms with Crippen LogP contribution in [0.2, 0.25) is 0 Å². The molecule has 0 aromatic carbocycles. The van der Waals surface area contributed by atoms with Crippen molar-refractivity contribution in [2.45, 2.75) is 31.7 Å². The summed E-state index contributed by atoms with van der Waals surface area (Å²) in [5.41, 5.74) is 4.22. The second kappa shape index (κ2) is 7.92. The summed E-state index contributed by atoms with van der Waals surface area (Å²) in [5.74, 6) is -1.50. The summed E-state index contributed by atoms with van der Waals surface area (Å²) in [6, 6.07) is 0. The Morgan fingerprint density at radius 3 is 2.76 bits per heavy atom. The van der Waals surface area contributed by atoms with E-state index in [2.05, 4.69) is 5.32 Å². The van der Waals surface area contributed by atoms with Gasteiger partial charge in [0.1, 0.15) is 5.54 Å². The van der Waals surface area contributed by atoms with E-state index in [-0.39, 0.29) is 25.1 Å². The van der Waals surface area contributed by atoms with E-state index in [1.54, 1.807) is 6.92 Å². The van der Waals surface area contributed by atoms with Crippen LogP contribution in [-0.2, 0) is 4.79 Å². The highest BCUT2D eigenvalue weighted by atomic mass is 19.1. The Bertz CT molecular complexity index is 294. The molecule has 0 saturated heterocycles. The second-order valence-electron chi connectivity index (χ2n) is 3.83. The van der Waals surface area contributed by atoms with Crippen molar-refractivity contribution < 1.29 is 14.3 Å². The molecule has 1 atom stereocenters. The van der Waals surface area contributed by atoms with E-state index in [1.807, 2.05) is 0 Å². The summed E-state index contributed by atoms with van der Waals surface area (Å²) >= 11 is 0. The van der Waals surface area contributed by atoms with Gasteiger partial charge in [0.05, 0.1) is 5.83 Å².